The number of anilines is 2. The second-order valence-electron chi connectivity index (χ2n) is 3.44. The van der Waals surface area contributed by atoms with Gasteiger partial charge in [0, 0.05) is 19.7 Å². The third-order valence-corrected chi connectivity index (χ3v) is 2.25. The van der Waals surface area contributed by atoms with Crippen molar-refractivity contribution in [3.8, 4) is 0 Å². The predicted molar refractivity (Wildman–Crippen MR) is 64.8 cm³/mol. The molecular formula is C11H15N5O. The number of aromatic nitrogens is 3. The van der Waals surface area contributed by atoms with Gasteiger partial charge in [-0.25, -0.2) is 9.97 Å². The lowest BCUT2D eigenvalue weighted by atomic mass is 10.4. The van der Waals surface area contributed by atoms with Crippen LogP contribution in [0.3, 0.4) is 0 Å². The molecule has 0 aliphatic heterocycles. The minimum atomic E-state index is 0.514. The molecule has 6 heteroatoms. The molecule has 0 bridgehead atoms. The average Bonchev–Trinajstić information content (AvgIpc) is 2.84. The highest BCUT2D eigenvalue weighted by molar-refractivity contribution is 5.39. The van der Waals surface area contributed by atoms with Crippen LogP contribution in [0.15, 0.2) is 22.9 Å². The van der Waals surface area contributed by atoms with Crippen LogP contribution in [0.5, 0.6) is 0 Å². The highest BCUT2D eigenvalue weighted by atomic mass is 16.4. The van der Waals surface area contributed by atoms with E-state index in [1.165, 1.54) is 0 Å². The minimum absolute atomic E-state index is 0.514. The van der Waals surface area contributed by atoms with Gasteiger partial charge in [-0.3, -0.25) is 0 Å². The lowest BCUT2D eigenvalue weighted by Crippen LogP contribution is -2.04. The molecule has 0 radical (unpaired) electrons. The standard InChI is InChI=1S/C11H15N5O/c1-3-8-6-15-10(17-8)7-14-9-4-5-13-11(12-2)16-9/h4-6H,3,7H2,1-2H3,(H2,12,13,14,16). The fraction of sp³-hybridized carbons (Fsp3) is 0.364. The van der Waals surface area contributed by atoms with Gasteiger partial charge in [0.25, 0.3) is 0 Å². The SMILES string of the molecule is CCc1cnc(CNc2ccnc(NC)n2)o1. The Morgan fingerprint density at radius 2 is 2.24 bits per heavy atom. The molecule has 0 amide bonds. The Morgan fingerprint density at radius 3 is 2.94 bits per heavy atom. The third-order valence-electron chi connectivity index (χ3n) is 2.25. The summed E-state index contributed by atoms with van der Waals surface area (Å²) in [4.78, 5) is 12.4. The second-order valence-corrected chi connectivity index (χ2v) is 3.44. The largest absolute Gasteiger partial charge is 0.444 e. The number of nitrogens with one attached hydrogen (secondary N) is 2. The van der Waals surface area contributed by atoms with Gasteiger partial charge in [-0.2, -0.15) is 4.98 Å². The Balaban J connectivity index is 1.96. The van der Waals surface area contributed by atoms with Gasteiger partial charge in [0.15, 0.2) is 0 Å². The molecule has 2 heterocycles. The van der Waals surface area contributed by atoms with Gasteiger partial charge < -0.3 is 15.1 Å². The molecule has 0 spiro atoms. The van der Waals surface area contributed by atoms with Gasteiger partial charge in [0.1, 0.15) is 11.6 Å². The number of hydrogen-bond acceptors (Lipinski definition) is 6. The van der Waals surface area contributed by atoms with Crippen molar-refractivity contribution in [2.24, 2.45) is 0 Å². The number of oxazole rings is 1. The van der Waals surface area contributed by atoms with Crippen molar-refractivity contribution in [3.05, 3.63) is 30.1 Å². The van der Waals surface area contributed by atoms with Crippen LogP contribution in [0.4, 0.5) is 11.8 Å². The molecule has 0 aliphatic carbocycles. The summed E-state index contributed by atoms with van der Waals surface area (Å²) in [6, 6.07) is 1.80. The van der Waals surface area contributed by atoms with E-state index in [1.54, 1.807) is 25.5 Å². The molecule has 90 valence electrons. The molecule has 6 nitrogen and oxygen atoms in total. The monoisotopic (exact) mass is 233 g/mol. The first-order valence-corrected chi connectivity index (χ1v) is 5.50. The van der Waals surface area contributed by atoms with E-state index in [0.29, 0.717) is 18.4 Å². The van der Waals surface area contributed by atoms with Gasteiger partial charge in [-0.1, -0.05) is 6.92 Å². The second kappa shape index (κ2) is 5.29. The van der Waals surface area contributed by atoms with E-state index >= 15 is 0 Å². The first-order valence-electron chi connectivity index (χ1n) is 5.50. The van der Waals surface area contributed by atoms with E-state index in [1.807, 2.05) is 6.92 Å². The van der Waals surface area contributed by atoms with Gasteiger partial charge in [0.05, 0.1) is 12.7 Å². The van der Waals surface area contributed by atoms with Crippen molar-refractivity contribution in [1.82, 2.24) is 15.0 Å². The molecule has 0 aromatic carbocycles. The van der Waals surface area contributed by atoms with E-state index in [2.05, 4.69) is 25.6 Å². The number of aryl methyl sites for hydroxylation is 1. The Hall–Kier alpha value is -2.11. The van der Waals surface area contributed by atoms with Gasteiger partial charge >= 0.3 is 0 Å². The highest BCUT2D eigenvalue weighted by Gasteiger charge is 2.03. The normalized spacial score (nSPS) is 10.2. The molecule has 2 rings (SSSR count). The Bertz CT molecular complexity index is 482. The van der Waals surface area contributed by atoms with Crippen LogP contribution in [-0.2, 0) is 13.0 Å². The van der Waals surface area contributed by atoms with Crippen molar-refractivity contribution in [3.63, 3.8) is 0 Å². The van der Waals surface area contributed by atoms with Crippen LogP contribution in [0.25, 0.3) is 0 Å². The van der Waals surface area contributed by atoms with Crippen molar-refractivity contribution in [2.45, 2.75) is 19.9 Å². The van der Waals surface area contributed by atoms with Gasteiger partial charge in [-0.15, -0.1) is 0 Å². The van der Waals surface area contributed by atoms with E-state index in [4.69, 9.17) is 4.42 Å². The summed E-state index contributed by atoms with van der Waals surface area (Å²) in [5.74, 6) is 2.86. The lowest BCUT2D eigenvalue weighted by Gasteiger charge is -2.04. The van der Waals surface area contributed by atoms with Crippen molar-refractivity contribution in [1.29, 1.82) is 0 Å². The summed E-state index contributed by atoms with van der Waals surface area (Å²) in [5, 5.41) is 6.00. The zero-order valence-electron chi connectivity index (χ0n) is 9.90. The maximum atomic E-state index is 5.48. The molecule has 0 aliphatic rings. The zero-order chi connectivity index (χ0) is 12.1. The quantitative estimate of drug-likeness (QED) is 0.818. The van der Waals surface area contributed by atoms with Crippen molar-refractivity contribution in [2.75, 3.05) is 17.7 Å². The number of nitrogens with zero attached hydrogens (tertiary/aromatic N) is 3. The topological polar surface area (TPSA) is 75.9 Å². The summed E-state index contributed by atoms with van der Waals surface area (Å²) in [7, 11) is 1.78. The molecule has 17 heavy (non-hydrogen) atoms. The third kappa shape index (κ3) is 2.93. The molecule has 2 aromatic heterocycles. The summed E-state index contributed by atoms with van der Waals surface area (Å²) in [6.07, 6.45) is 4.29. The summed E-state index contributed by atoms with van der Waals surface area (Å²) in [6.45, 7) is 2.54. The maximum Gasteiger partial charge on any atom is 0.224 e. The highest BCUT2D eigenvalue weighted by Crippen LogP contribution is 2.08. The fourth-order valence-electron chi connectivity index (χ4n) is 1.34. The number of rotatable bonds is 5. The Labute approximate surface area is 99.5 Å². The summed E-state index contributed by atoms with van der Waals surface area (Å²) in [5.41, 5.74) is 0. The number of hydrogen-bond donors (Lipinski definition) is 2. The van der Waals surface area contributed by atoms with E-state index < -0.39 is 0 Å². The smallest absolute Gasteiger partial charge is 0.224 e. The van der Waals surface area contributed by atoms with Crippen molar-refractivity contribution >= 4 is 11.8 Å². The van der Waals surface area contributed by atoms with E-state index in [0.717, 1.165) is 18.0 Å². The van der Waals surface area contributed by atoms with Crippen LogP contribution < -0.4 is 10.6 Å². The van der Waals surface area contributed by atoms with Crippen LogP contribution in [0.2, 0.25) is 0 Å². The Morgan fingerprint density at radius 1 is 1.35 bits per heavy atom. The summed E-state index contributed by atoms with van der Waals surface area (Å²) < 4.78 is 5.48. The molecular weight excluding hydrogens is 218 g/mol. The van der Waals surface area contributed by atoms with E-state index in [-0.39, 0.29) is 0 Å². The molecule has 2 N–H and O–H groups in total. The van der Waals surface area contributed by atoms with Crippen molar-refractivity contribution < 1.29 is 4.42 Å². The molecule has 0 fully saturated rings. The van der Waals surface area contributed by atoms with Crippen LogP contribution >= 0.6 is 0 Å². The lowest BCUT2D eigenvalue weighted by molar-refractivity contribution is 0.465. The fourth-order valence-corrected chi connectivity index (χ4v) is 1.34. The van der Waals surface area contributed by atoms with Crippen LogP contribution in [0.1, 0.15) is 18.6 Å². The average molecular weight is 233 g/mol. The van der Waals surface area contributed by atoms with E-state index in [9.17, 15) is 0 Å². The predicted octanol–water partition coefficient (Wildman–Crippen LogP) is 1.68. The molecule has 0 unspecified atom stereocenters. The molecule has 0 saturated carbocycles. The van der Waals surface area contributed by atoms with Crippen LogP contribution in [-0.4, -0.2) is 22.0 Å². The maximum absolute atomic E-state index is 5.48. The molecule has 2 aromatic rings. The van der Waals surface area contributed by atoms with Crippen LogP contribution in [0, 0.1) is 0 Å². The van der Waals surface area contributed by atoms with Gasteiger partial charge in [0.2, 0.25) is 11.8 Å². The first kappa shape index (κ1) is 11.4. The molecule has 0 atom stereocenters. The van der Waals surface area contributed by atoms with Gasteiger partial charge in [-0.05, 0) is 6.07 Å². The first-order chi connectivity index (χ1) is 8.31. The molecule has 0 saturated heterocycles. The minimum Gasteiger partial charge on any atom is -0.444 e. The Kier molecular flexibility index (Phi) is 3.54. The zero-order valence-corrected chi connectivity index (χ0v) is 9.90. The summed E-state index contributed by atoms with van der Waals surface area (Å²) >= 11 is 0.